The van der Waals surface area contributed by atoms with Crippen LogP contribution < -0.4 is 32.8 Å². The van der Waals surface area contributed by atoms with Crippen LogP contribution in [0, 0.1) is 166 Å². The van der Waals surface area contributed by atoms with Crippen LogP contribution in [-0.4, -0.2) is 21.5 Å². The Labute approximate surface area is 386 Å². The van der Waals surface area contributed by atoms with Crippen LogP contribution in [0.3, 0.4) is 0 Å². The molecule has 0 N–H and O–H groups in total. The largest absolute Gasteiger partial charge is 0.258 e. The molecule has 0 saturated heterocycles. The highest BCUT2D eigenvalue weighted by Crippen LogP contribution is 2.38. The molecule has 71 heavy (non-hydrogen) atoms. The van der Waals surface area contributed by atoms with E-state index in [1.165, 1.54) is 20.8 Å². The van der Waals surface area contributed by atoms with Crippen LogP contribution in [0.15, 0.2) is 0 Å². The second-order valence-electron chi connectivity index (χ2n) is 16.6. The Balaban J connectivity index is 0.000000364. The minimum Gasteiger partial charge on any atom is -0.206 e. The number of benzene rings is 6. The van der Waals surface area contributed by atoms with Crippen molar-refractivity contribution in [2.75, 3.05) is 0 Å². The number of hydrogen-bond donors (Lipinski definition) is 0. The summed E-state index contributed by atoms with van der Waals surface area (Å²) < 4.78 is 338. The predicted octanol–water partition coefficient (Wildman–Crippen LogP) is 10.4. The van der Waals surface area contributed by atoms with Crippen molar-refractivity contribution >= 4 is 54.3 Å². The molecule has 0 bridgehead atoms. The van der Waals surface area contributed by atoms with Gasteiger partial charge in [0.1, 0.15) is 25.5 Å². The van der Waals surface area contributed by atoms with Gasteiger partial charge in [-0.3, -0.25) is 0 Å². The van der Waals surface area contributed by atoms with E-state index in [4.69, 9.17) is 0 Å². The molecule has 0 aliphatic carbocycles. The van der Waals surface area contributed by atoms with Crippen molar-refractivity contribution < 1.29 is 101 Å². The zero-order valence-electron chi connectivity index (χ0n) is 36.3. The van der Waals surface area contributed by atoms with Gasteiger partial charge in [0, 0.05) is 49.9 Å². The number of hydrogen-bond acceptors (Lipinski definition) is 0. The van der Waals surface area contributed by atoms with Crippen LogP contribution in [0.4, 0.5) is 101 Å². The van der Waals surface area contributed by atoms with E-state index in [1.54, 1.807) is 0 Å². The van der Waals surface area contributed by atoms with E-state index in [-0.39, 0.29) is 16.7 Å². The first kappa shape index (κ1) is 54.0. The molecule has 0 saturated carbocycles. The van der Waals surface area contributed by atoms with Gasteiger partial charge in [-0.05, 0) is 49.5 Å². The monoisotopic (exact) mass is 1050 g/mol. The first-order valence-electron chi connectivity index (χ1n) is 19.6. The fraction of sp³-hybridized carbons (Fsp3) is 0.156. The SMILES string of the molecule is CC#C[Si](C)(C)C.Cc1c(F)c(C)c(F)c(C)c1F.Fc1c(F)c(F)c2c(c1F)B(c1c(F)c(F)c(B3c4c(F)c(F)c(F)c(F)c4-c4c(F)c(F)c(F)c(F)c43)c(F)c1F)c1c(F)c(F)c(F)c(F)c1-2. The van der Waals surface area contributed by atoms with Gasteiger partial charge < -0.3 is 0 Å². The van der Waals surface area contributed by atoms with Crippen LogP contribution in [0.2, 0.25) is 19.6 Å². The molecule has 0 nitrogen and oxygen atoms in total. The fourth-order valence-electron chi connectivity index (χ4n) is 8.20. The number of halogens is 23. The molecular weight excluding hydrogens is 1030 g/mol. The third kappa shape index (κ3) is 8.01. The summed E-state index contributed by atoms with van der Waals surface area (Å²) in [6.07, 6.45) is 0. The molecule has 0 radical (unpaired) electrons. The van der Waals surface area contributed by atoms with Gasteiger partial charge in [-0.1, -0.05) is 19.6 Å². The third-order valence-corrected chi connectivity index (χ3v) is 12.3. The highest BCUT2D eigenvalue weighted by atomic mass is 28.3. The van der Waals surface area contributed by atoms with E-state index >= 15 is 35.1 Å². The summed E-state index contributed by atoms with van der Waals surface area (Å²) in [5.74, 6) is -57.0. The summed E-state index contributed by atoms with van der Waals surface area (Å²) in [6.45, 7) is 5.43. The van der Waals surface area contributed by atoms with Crippen LogP contribution in [0.25, 0.3) is 22.3 Å². The summed E-state index contributed by atoms with van der Waals surface area (Å²) in [4.78, 5) is 0. The summed E-state index contributed by atoms with van der Waals surface area (Å²) in [7, 11) is -1.02. The summed E-state index contributed by atoms with van der Waals surface area (Å²) in [5, 5.41) is 0. The molecule has 0 unspecified atom stereocenters. The van der Waals surface area contributed by atoms with Crippen LogP contribution in [0.5, 0.6) is 0 Å². The number of rotatable bonds is 2. The van der Waals surface area contributed by atoms with Crippen molar-refractivity contribution in [2.24, 2.45) is 0 Å². The van der Waals surface area contributed by atoms with E-state index in [0.29, 0.717) is 0 Å². The molecule has 6 aromatic rings. The molecule has 0 aromatic heterocycles. The smallest absolute Gasteiger partial charge is 0.206 e. The normalized spacial score (nSPS) is 12.2. The average molecular weight is 1050 g/mol. The second-order valence-corrected chi connectivity index (χ2v) is 21.3. The van der Waals surface area contributed by atoms with Crippen molar-refractivity contribution in [1.82, 2.24) is 0 Å². The van der Waals surface area contributed by atoms with Crippen LogP contribution in [0.1, 0.15) is 23.6 Å². The van der Waals surface area contributed by atoms with Crippen molar-refractivity contribution in [1.29, 1.82) is 0 Å². The maximum atomic E-state index is 16.1. The Hall–Kier alpha value is -6.38. The van der Waals surface area contributed by atoms with Crippen LogP contribution in [-0.2, 0) is 0 Å². The lowest BCUT2D eigenvalue weighted by atomic mass is 9.36. The maximum absolute atomic E-state index is 16.1. The highest BCUT2D eigenvalue weighted by Gasteiger charge is 2.53. The van der Waals surface area contributed by atoms with Crippen molar-refractivity contribution in [3.05, 3.63) is 150 Å². The third-order valence-electron chi connectivity index (χ3n) is 11.3. The van der Waals surface area contributed by atoms with Gasteiger partial charge in [0.05, 0.1) is 0 Å². The van der Waals surface area contributed by atoms with E-state index in [2.05, 4.69) is 31.1 Å². The molecule has 2 aliphatic heterocycles. The Morgan fingerprint density at radius 2 is 0.423 bits per heavy atom. The fourth-order valence-corrected chi connectivity index (χ4v) is 8.95. The Kier molecular flexibility index (Phi) is 14.2. The van der Waals surface area contributed by atoms with Gasteiger partial charge in [-0.25, -0.2) is 101 Å². The predicted molar refractivity (Wildman–Crippen MR) is 216 cm³/mol. The molecule has 0 amide bonds. The highest BCUT2D eigenvalue weighted by molar-refractivity contribution is 7.00. The van der Waals surface area contributed by atoms with Gasteiger partial charge in [0.15, 0.2) is 116 Å². The van der Waals surface area contributed by atoms with Gasteiger partial charge in [0.2, 0.25) is 0 Å². The summed E-state index contributed by atoms with van der Waals surface area (Å²) >= 11 is 0. The lowest BCUT2D eigenvalue weighted by Crippen LogP contribution is -2.59. The van der Waals surface area contributed by atoms with Crippen molar-refractivity contribution in [2.45, 2.75) is 47.3 Å². The molecule has 372 valence electrons. The molecule has 26 heteroatoms. The quantitative estimate of drug-likeness (QED) is 0.0532. The Bertz CT molecular complexity index is 2960. The summed E-state index contributed by atoms with van der Waals surface area (Å²) in [6, 6.07) is 0. The molecule has 2 aliphatic rings. The van der Waals surface area contributed by atoms with Gasteiger partial charge >= 0.3 is 0 Å². The first-order valence-corrected chi connectivity index (χ1v) is 23.1. The standard InChI is InChI=1S/C30B2F20.C9H9F3.C6H12Si/c33-11-1-2-6(16(38)28(50)24(46)12(2)34)31(5(1)15(37)27(49)23(11)45)9-19(41)21(43)10(22(44)20(9)42)32-7-3(13(35)25(47)29(51)17(7)39)4-8(32)18(40)30(52)26(48)14(4)36;1-4-7(10)5(2)9(12)6(3)8(4)11;1-5-6-7(2,3)4/h;1-3H3;1-4H3. The molecule has 0 fully saturated rings. The Morgan fingerprint density at radius 3 is 0.577 bits per heavy atom. The minimum atomic E-state index is -3.54. The zero-order chi connectivity index (χ0) is 53.9. The molecule has 0 atom stereocenters. The topological polar surface area (TPSA) is 0 Å². The first-order chi connectivity index (χ1) is 32.7. The van der Waals surface area contributed by atoms with E-state index in [9.17, 15) is 65.9 Å². The van der Waals surface area contributed by atoms with Gasteiger partial charge in [-0.2, -0.15) is 0 Å². The van der Waals surface area contributed by atoms with Crippen LogP contribution >= 0.6 is 0 Å². The molecule has 8 rings (SSSR count). The maximum Gasteiger partial charge on any atom is 0.258 e. The molecule has 6 aromatic carbocycles. The Morgan fingerprint density at radius 1 is 0.254 bits per heavy atom. The van der Waals surface area contributed by atoms with Gasteiger partial charge in [-0.15, -0.1) is 11.5 Å². The van der Waals surface area contributed by atoms with E-state index < -0.39 is 210 Å². The molecule has 0 spiro atoms. The lowest BCUT2D eigenvalue weighted by molar-refractivity contribution is 0.409. The van der Waals surface area contributed by atoms with E-state index in [0.717, 1.165) is 0 Å². The molecular formula is C45H21B2F23Si. The zero-order valence-corrected chi connectivity index (χ0v) is 37.3. The lowest BCUT2D eigenvalue weighted by Gasteiger charge is -2.20. The molecule has 2 heterocycles. The minimum absolute atomic E-state index is 0.119. The average Bonchev–Trinajstić information content (AvgIpc) is 3.86. The summed E-state index contributed by atoms with van der Waals surface area (Å²) in [5.41, 5.74) is -19.1. The van der Waals surface area contributed by atoms with Crippen molar-refractivity contribution in [3.63, 3.8) is 0 Å². The van der Waals surface area contributed by atoms with Crippen molar-refractivity contribution in [3.8, 4) is 33.7 Å². The second kappa shape index (κ2) is 18.7. The van der Waals surface area contributed by atoms with Gasteiger partial charge in [0.25, 0.3) is 13.4 Å². The van der Waals surface area contributed by atoms with E-state index in [1.807, 2.05) is 6.92 Å². The number of fused-ring (bicyclic) bond motifs is 6.